The first kappa shape index (κ1) is 17.4. The lowest BCUT2D eigenvalue weighted by Gasteiger charge is -2.27. The third kappa shape index (κ3) is 2.09. The average molecular weight is 384 g/mol. The molecule has 2 bridgehead atoms. The van der Waals surface area contributed by atoms with Gasteiger partial charge < -0.3 is 4.74 Å². The number of benzene rings is 1. The van der Waals surface area contributed by atoms with Gasteiger partial charge in [-0.3, -0.25) is 4.31 Å². The molecule has 0 radical (unpaired) electrons. The van der Waals surface area contributed by atoms with E-state index in [1.54, 1.807) is 19.9 Å². The lowest BCUT2D eigenvalue weighted by atomic mass is 9.80. The minimum atomic E-state index is -4.75. The molecule has 1 aromatic rings. The van der Waals surface area contributed by atoms with Gasteiger partial charge in [0.05, 0.1) is 28.5 Å². The van der Waals surface area contributed by atoms with Crippen LogP contribution in [0.1, 0.15) is 25.0 Å². The van der Waals surface area contributed by atoms with Crippen LogP contribution >= 0.6 is 0 Å². The Kier molecular flexibility index (Phi) is 3.21. The first-order valence-corrected chi connectivity index (χ1v) is 9.46. The molecule has 0 aliphatic carbocycles. The predicted octanol–water partition coefficient (Wildman–Crippen LogP) is 2.83. The van der Waals surface area contributed by atoms with E-state index in [0.29, 0.717) is 0 Å². The number of sulfonamides is 1. The molecule has 0 spiro atoms. The van der Waals surface area contributed by atoms with Gasteiger partial charge in [-0.1, -0.05) is 12.2 Å². The summed E-state index contributed by atoms with van der Waals surface area (Å²) >= 11 is 0. The van der Waals surface area contributed by atoms with Crippen molar-refractivity contribution in [2.45, 2.75) is 36.5 Å². The topological polar surface area (TPSA) is 70.4 Å². The van der Waals surface area contributed by atoms with Crippen molar-refractivity contribution < 1.29 is 26.3 Å². The molecule has 4 rings (SSSR count). The zero-order valence-corrected chi connectivity index (χ0v) is 14.7. The van der Waals surface area contributed by atoms with E-state index in [4.69, 9.17) is 10.00 Å². The molecule has 2 fully saturated rings. The third-order valence-corrected chi connectivity index (χ3v) is 7.97. The summed E-state index contributed by atoms with van der Waals surface area (Å²) < 4.78 is 72.8. The lowest BCUT2D eigenvalue weighted by molar-refractivity contribution is -0.137. The molecule has 0 unspecified atom stereocenters. The quantitative estimate of drug-likeness (QED) is 0.698. The molecule has 138 valence electrons. The number of nitrogens with zero attached hydrogens (tertiary/aromatic N) is 2. The Balaban J connectivity index is 1.81. The van der Waals surface area contributed by atoms with Crippen LogP contribution in [0.4, 0.5) is 18.9 Å². The van der Waals surface area contributed by atoms with Gasteiger partial charge in [0, 0.05) is 12.5 Å². The third-order valence-electron chi connectivity index (χ3n) is 5.56. The Labute approximate surface area is 148 Å². The minimum absolute atomic E-state index is 0.0344. The van der Waals surface area contributed by atoms with Crippen molar-refractivity contribution in [3.63, 3.8) is 0 Å². The van der Waals surface area contributed by atoms with Crippen molar-refractivity contribution in [1.29, 1.82) is 5.26 Å². The van der Waals surface area contributed by atoms with Gasteiger partial charge in [-0.25, -0.2) is 8.42 Å². The van der Waals surface area contributed by atoms with Crippen LogP contribution in [0, 0.1) is 17.2 Å². The van der Waals surface area contributed by atoms with Crippen molar-refractivity contribution >= 4 is 15.7 Å². The molecule has 0 amide bonds. The van der Waals surface area contributed by atoms with Crippen LogP contribution < -0.4 is 4.31 Å². The molecule has 5 nitrogen and oxygen atoms in total. The summed E-state index contributed by atoms with van der Waals surface area (Å²) in [6.45, 7) is 3.51. The van der Waals surface area contributed by atoms with Crippen LogP contribution in [-0.2, 0) is 20.9 Å². The van der Waals surface area contributed by atoms with Gasteiger partial charge in [0.2, 0.25) is 10.0 Å². The van der Waals surface area contributed by atoms with E-state index in [9.17, 15) is 21.6 Å². The van der Waals surface area contributed by atoms with Crippen LogP contribution in [0.5, 0.6) is 0 Å². The van der Waals surface area contributed by atoms with E-state index < -0.39 is 43.8 Å². The maximum Gasteiger partial charge on any atom is 0.417 e. The number of hydrogen-bond acceptors (Lipinski definition) is 4. The number of halogens is 3. The fourth-order valence-corrected chi connectivity index (χ4v) is 6.94. The SMILES string of the molecule is C[C@]12C=C[C@](C)(O1)[C@@H]1[C@H]2CN(c2ccc(C#N)c(C(F)(F)F)c2)S1(=O)=O. The Hall–Kier alpha value is -2.05. The molecule has 3 aliphatic rings. The predicted molar refractivity (Wildman–Crippen MR) is 86.7 cm³/mol. The number of hydrogen-bond donors (Lipinski definition) is 0. The molecule has 1 aromatic carbocycles. The largest absolute Gasteiger partial charge is 0.417 e. The summed E-state index contributed by atoms with van der Waals surface area (Å²) in [6, 6.07) is 4.48. The molecular weight excluding hydrogens is 369 g/mol. The minimum Gasteiger partial charge on any atom is -0.359 e. The van der Waals surface area contributed by atoms with Crippen LogP contribution in [0.25, 0.3) is 0 Å². The zero-order chi connectivity index (χ0) is 19.1. The second kappa shape index (κ2) is 4.81. The Morgan fingerprint density at radius 3 is 2.50 bits per heavy atom. The van der Waals surface area contributed by atoms with Crippen molar-refractivity contribution in [3.8, 4) is 6.07 Å². The van der Waals surface area contributed by atoms with Gasteiger partial charge >= 0.3 is 6.18 Å². The zero-order valence-electron chi connectivity index (χ0n) is 13.9. The molecule has 4 atom stereocenters. The lowest BCUT2D eigenvalue weighted by Crippen LogP contribution is -2.42. The highest BCUT2D eigenvalue weighted by Gasteiger charge is 2.69. The van der Waals surface area contributed by atoms with Crippen molar-refractivity contribution in [3.05, 3.63) is 41.5 Å². The standard InChI is InChI=1S/C17H15F3N2O3S/c1-15-5-6-16(2,25-15)14-13(15)9-22(26(14,23)24)11-4-3-10(8-21)12(7-11)17(18,19)20/h3-7,13-14H,9H2,1-2H3/t13-,14+,15-,16+/m1/s1. The van der Waals surface area contributed by atoms with Crippen molar-refractivity contribution in [2.24, 2.45) is 5.92 Å². The molecule has 2 saturated heterocycles. The second-order valence-corrected chi connectivity index (χ2v) is 9.22. The monoisotopic (exact) mass is 384 g/mol. The van der Waals surface area contributed by atoms with Gasteiger partial charge in [0.1, 0.15) is 10.9 Å². The summed E-state index contributed by atoms with van der Waals surface area (Å²) in [7, 11) is -3.92. The van der Waals surface area contributed by atoms with Gasteiger partial charge in [0.15, 0.2) is 0 Å². The summed E-state index contributed by atoms with van der Waals surface area (Å²) in [5.74, 6) is -0.382. The second-order valence-electron chi connectivity index (χ2n) is 7.25. The molecule has 0 saturated carbocycles. The maximum atomic E-state index is 13.2. The highest BCUT2D eigenvalue weighted by Crippen LogP contribution is 2.56. The maximum absolute atomic E-state index is 13.2. The first-order valence-electron chi connectivity index (χ1n) is 7.96. The van der Waals surface area contributed by atoms with E-state index in [-0.39, 0.29) is 18.2 Å². The summed E-state index contributed by atoms with van der Waals surface area (Å²) in [4.78, 5) is 0. The highest BCUT2D eigenvalue weighted by atomic mass is 32.2. The fraction of sp³-hybridized carbons (Fsp3) is 0.471. The summed E-state index contributed by atoms with van der Waals surface area (Å²) in [5.41, 5.74) is -3.52. The molecule has 0 N–H and O–H groups in total. The van der Waals surface area contributed by atoms with E-state index >= 15 is 0 Å². The smallest absolute Gasteiger partial charge is 0.359 e. The van der Waals surface area contributed by atoms with E-state index in [2.05, 4.69) is 0 Å². The fourth-order valence-electron chi connectivity index (χ4n) is 4.40. The van der Waals surface area contributed by atoms with Gasteiger partial charge in [0.25, 0.3) is 0 Å². The summed E-state index contributed by atoms with van der Waals surface area (Å²) in [5, 5.41) is 8.06. The molecule has 9 heteroatoms. The van der Waals surface area contributed by atoms with Gasteiger partial charge in [-0.2, -0.15) is 18.4 Å². The van der Waals surface area contributed by atoms with Gasteiger partial charge in [-0.05, 0) is 32.0 Å². The average Bonchev–Trinajstić information content (AvgIpc) is 3.09. The number of nitriles is 1. The Bertz CT molecular complexity index is 982. The molecular formula is C17H15F3N2O3S. The van der Waals surface area contributed by atoms with Crippen LogP contribution in [0.15, 0.2) is 30.4 Å². The van der Waals surface area contributed by atoms with Crippen LogP contribution in [0.3, 0.4) is 0 Å². The van der Waals surface area contributed by atoms with Crippen molar-refractivity contribution in [2.75, 3.05) is 10.8 Å². The van der Waals surface area contributed by atoms with E-state index in [0.717, 1.165) is 16.4 Å². The van der Waals surface area contributed by atoms with Crippen molar-refractivity contribution in [1.82, 2.24) is 0 Å². The number of alkyl halides is 3. The Morgan fingerprint density at radius 2 is 1.92 bits per heavy atom. The van der Waals surface area contributed by atoms with Crippen LogP contribution in [0.2, 0.25) is 0 Å². The van der Waals surface area contributed by atoms with E-state index in [1.807, 2.05) is 6.08 Å². The molecule has 3 heterocycles. The highest BCUT2D eigenvalue weighted by molar-refractivity contribution is 7.93. The molecule has 26 heavy (non-hydrogen) atoms. The van der Waals surface area contributed by atoms with Gasteiger partial charge in [-0.15, -0.1) is 0 Å². The Morgan fingerprint density at radius 1 is 1.27 bits per heavy atom. The number of anilines is 1. The number of fused-ring (bicyclic) bond motifs is 5. The number of ether oxygens (including phenoxy) is 1. The number of rotatable bonds is 1. The first-order chi connectivity index (χ1) is 11.9. The van der Waals surface area contributed by atoms with E-state index in [1.165, 1.54) is 12.1 Å². The summed E-state index contributed by atoms with van der Waals surface area (Å²) in [6.07, 6.45) is -1.20. The normalized spacial score (nSPS) is 37.0. The van der Waals surface area contributed by atoms with Crippen LogP contribution in [-0.4, -0.2) is 31.4 Å². The molecule has 3 aliphatic heterocycles. The molecule has 0 aromatic heterocycles.